The molecule has 3 aliphatic rings. The zero-order valence-corrected chi connectivity index (χ0v) is 12.7. The molecule has 19 heavy (non-hydrogen) atoms. The first-order chi connectivity index (χ1) is 8.77. The third-order valence-corrected chi connectivity index (χ3v) is 6.38. The van der Waals surface area contributed by atoms with Crippen molar-refractivity contribution in [1.82, 2.24) is 0 Å². The van der Waals surface area contributed by atoms with Gasteiger partial charge in [0.2, 0.25) is 0 Å². The van der Waals surface area contributed by atoms with Crippen molar-refractivity contribution in [2.75, 3.05) is 0 Å². The molecule has 2 heteroatoms. The average molecular weight is 262 g/mol. The molecule has 5 atom stereocenters. The van der Waals surface area contributed by atoms with E-state index >= 15 is 0 Å². The van der Waals surface area contributed by atoms with Crippen LogP contribution in [0.4, 0.5) is 0 Å². The Morgan fingerprint density at radius 3 is 2.58 bits per heavy atom. The molecular formula is C17H26O2. The minimum Gasteiger partial charge on any atom is -0.458 e. The topological polar surface area (TPSA) is 26.3 Å². The summed E-state index contributed by atoms with van der Waals surface area (Å²) in [6.07, 6.45) is 4.95. The Labute approximate surface area is 116 Å². The Morgan fingerprint density at radius 2 is 2.00 bits per heavy atom. The summed E-state index contributed by atoms with van der Waals surface area (Å²) < 4.78 is 5.49. The van der Waals surface area contributed by atoms with Crippen molar-refractivity contribution >= 4 is 5.97 Å². The van der Waals surface area contributed by atoms with E-state index in [4.69, 9.17) is 4.74 Å². The standard InChI is InChI=1S/C17H26O2/c1-10-13(19-11(2)18)9-12-15-14(10)17(12,5)8-6-7-16(15,3)4/h12-15H,1,6-9H2,2-5H3/t12?,13-,14?,15?,17?/m1/s1. The molecule has 4 bridgehead atoms. The van der Waals surface area contributed by atoms with Gasteiger partial charge < -0.3 is 4.74 Å². The monoisotopic (exact) mass is 262 g/mol. The lowest BCUT2D eigenvalue weighted by Gasteiger charge is -2.68. The molecule has 106 valence electrons. The van der Waals surface area contributed by atoms with Crippen LogP contribution in [0.1, 0.15) is 53.4 Å². The summed E-state index contributed by atoms with van der Waals surface area (Å²) in [4.78, 5) is 11.2. The van der Waals surface area contributed by atoms with E-state index in [1.807, 2.05) is 0 Å². The van der Waals surface area contributed by atoms with Gasteiger partial charge in [0.25, 0.3) is 0 Å². The van der Waals surface area contributed by atoms with Gasteiger partial charge in [-0.2, -0.15) is 0 Å². The molecule has 0 amide bonds. The summed E-state index contributed by atoms with van der Waals surface area (Å²) >= 11 is 0. The smallest absolute Gasteiger partial charge is 0.303 e. The maximum absolute atomic E-state index is 11.2. The van der Waals surface area contributed by atoms with E-state index in [1.165, 1.54) is 31.8 Å². The van der Waals surface area contributed by atoms with Crippen LogP contribution in [0.25, 0.3) is 0 Å². The van der Waals surface area contributed by atoms with E-state index in [9.17, 15) is 4.79 Å². The summed E-state index contributed by atoms with van der Waals surface area (Å²) in [5, 5.41) is 0. The molecule has 0 radical (unpaired) electrons. The summed E-state index contributed by atoms with van der Waals surface area (Å²) in [5.41, 5.74) is 2.03. The first-order valence-corrected chi connectivity index (χ1v) is 7.63. The van der Waals surface area contributed by atoms with Gasteiger partial charge in [-0.1, -0.05) is 33.8 Å². The minimum atomic E-state index is -0.167. The fourth-order valence-corrected chi connectivity index (χ4v) is 5.57. The first-order valence-electron chi connectivity index (χ1n) is 7.63. The van der Waals surface area contributed by atoms with Gasteiger partial charge in [0.05, 0.1) is 0 Å². The first kappa shape index (κ1) is 13.2. The van der Waals surface area contributed by atoms with Crippen molar-refractivity contribution in [3.63, 3.8) is 0 Å². The number of fused-ring (bicyclic) bond motifs is 1. The summed E-state index contributed by atoms with van der Waals surface area (Å²) in [6.45, 7) is 13.1. The summed E-state index contributed by atoms with van der Waals surface area (Å²) in [7, 11) is 0. The number of esters is 1. The van der Waals surface area contributed by atoms with E-state index in [2.05, 4.69) is 27.4 Å². The Bertz CT molecular complexity index is 437. The second kappa shape index (κ2) is 3.86. The van der Waals surface area contributed by atoms with Gasteiger partial charge in [0.15, 0.2) is 0 Å². The van der Waals surface area contributed by atoms with Gasteiger partial charge in [-0.05, 0) is 53.4 Å². The Balaban J connectivity index is 1.91. The van der Waals surface area contributed by atoms with Crippen LogP contribution in [0.5, 0.6) is 0 Å². The molecule has 0 aromatic carbocycles. The van der Waals surface area contributed by atoms with Gasteiger partial charge in [-0.15, -0.1) is 0 Å². The summed E-state index contributed by atoms with van der Waals surface area (Å²) in [5.74, 6) is 1.86. The average Bonchev–Trinajstić information content (AvgIpc) is 2.44. The molecule has 3 fully saturated rings. The highest BCUT2D eigenvalue weighted by Crippen LogP contribution is 2.73. The molecule has 0 saturated heterocycles. The number of hydrogen-bond donors (Lipinski definition) is 0. The van der Waals surface area contributed by atoms with Gasteiger partial charge in [0, 0.05) is 6.92 Å². The van der Waals surface area contributed by atoms with Crippen LogP contribution in [0, 0.1) is 28.6 Å². The number of carbonyl (C=O) groups is 1. The molecule has 3 rings (SSSR count). The quantitative estimate of drug-likeness (QED) is 0.528. The second-order valence-electron chi connectivity index (χ2n) is 7.87. The van der Waals surface area contributed by atoms with E-state index in [0.29, 0.717) is 22.7 Å². The van der Waals surface area contributed by atoms with Gasteiger partial charge >= 0.3 is 5.97 Å². The molecule has 0 N–H and O–H groups in total. The van der Waals surface area contributed by atoms with Crippen molar-refractivity contribution in [1.29, 1.82) is 0 Å². The Hall–Kier alpha value is -0.790. The van der Waals surface area contributed by atoms with Crippen molar-refractivity contribution in [2.45, 2.75) is 59.5 Å². The van der Waals surface area contributed by atoms with Crippen LogP contribution in [-0.2, 0) is 9.53 Å². The third kappa shape index (κ3) is 1.64. The molecule has 0 aromatic rings. The van der Waals surface area contributed by atoms with E-state index < -0.39 is 0 Å². The van der Waals surface area contributed by atoms with E-state index in [0.717, 1.165) is 12.3 Å². The molecule has 4 unspecified atom stereocenters. The van der Waals surface area contributed by atoms with E-state index in [1.54, 1.807) is 0 Å². The maximum Gasteiger partial charge on any atom is 0.303 e. The molecule has 0 spiro atoms. The molecule has 0 heterocycles. The van der Waals surface area contributed by atoms with Gasteiger partial charge in [-0.25, -0.2) is 0 Å². The number of ether oxygens (including phenoxy) is 1. The van der Waals surface area contributed by atoms with Crippen LogP contribution in [-0.4, -0.2) is 12.1 Å². The van der Waals surface area contributed by atoms with Crippen LogP contribution < -0.4 is 0 Å². The SMILES string of the molecule is C=C1C2C3C(C[C@H]1OC(C)=O)C2(C)CCCC3(C)C. The fraction of sp³-hybridized carbons (Fsp3) is 0.824. The highest BCUT2D eigenvalue weighted by atomic mass is 16.5. The molecular weight excluding hydrogens is 236 g/mol. The van der Waals surface area contributed by atoms with Crippen LogP contribution in [0.3, 0.4) is 0 Å². The van der Waals surface area contributed by atoms with Crippen LogP contribution >= 0.6 is 0 Å². The molecule has 3 aliphatic carbocycles. The van der Waals surface area contributed by atoms with Crippen molar-refractivity contribution in [2.24, 2.45) is 28.6 Å². The molecule has 0 aromatic heterocycles. The van der Waals surface area contributed by atoms with Crippen molar-refractivity contribution in [3.05, 3.63) is 12.2 Å². The van der Waals surface area contributed by atoms with Gasteiger partial charge in [-0.3, -0.25) is 4.79 Å². The second-order valence-corrected chi connectivity index (χ2v) is 7.87. The normalized spacial score (nSPS) is 47.1. The van der Waals surface area contributed by atoms with Gasteiger partial charge in [0.1, 0.15) is 6.10 Å². The minimum absolute atomic E-state index is 0.0225. The lowest BCUT2D eigenvalue weighted by Crippen LogP contribution is -2.64. The van der Waals surface area contributed by atoms with Crippen molar-refractivity contribution in [3.8, 4) is 0 Å². The molecule has 2 nitrogen and oxygen atoms in total. The predicted molar refractivity (Wildman–Crippen MR) is 75.5 cm³/mol. The zero-order chi connectivity index (χ0) is 14.0. The lowest BCUT2D eigenvalue weighted by molar-refractivity contribution is -0.188. The Kier molecular flexibility index (Phi) is 2.69. The lowest BCUT2D eigenvalue weighted by atomic mass is 9.37. The highest BCUT2D eigenvalue weighted by Gasteiger charge is 2.68. The Morgan fingerprint density at radius 1 is 1.32 bits per heavy atom. The molecule has 0 aliphatic heterocycles. The number of hydrogen-bond acceptors (Lipinski definition) is 2. The zero-order valence-electron chi connectivity index (χ0n) is 12.7. The predicted octanol–water partition coefficient (Wildman–Crippen LogP) is 3.96. The van der Waals surface area contributed by atoms with Crippen LogP contribution in [0.15, 0.2) is 12.2 Å². The highest BCUT2D eigenvalue weighted by molar-refractivity contribution is 5.66. The number of carbonyl (C=O) groups excluding carboxylic acids is 1. The number of rotatable bonds is 1. The summed E-state index contributed by atoms with van der Waals surface area (Å²) in [6, 6.07) is 0. The molecule has 3 saturated carbocycles. The van der Waals surface area contributed by atoms with Crippen LogP contribution in [0.2, 0.25) is 0 Å². The third-order valence-electron chi connectivity index (χ3n) is 6.38. The van der Waals surface area contributed by atoms with E-state index in [-0.39, 0.29) is 12.1 Å². The fourth-order valence-electron chi connectivity index (χ4n) is 5.57. The van der Waals surface area contributed by atoms with Crippen molar-refractivity contribution < 1.29 is 9.53 Å². The largest absolute Gasteiger partial charge is 0.458 e. The maximum atomic E-state index is 11.2.